The van der Waals surface area contributed by atoms with Gasteiger partial charge in [-0.25, -0.2) is 9.59 Å². The van der Waals surface area contributed by atoms with E-state index in [9.17, 15) is 29.5 Å². The Labute approximate surface area is 165 Å². The van der Waals surface area contributed by atoms with Crippen molar-refractivity contribution in [3.8, 4) is 5.75 Å². The zero-order valence-electron chi connectivity index (χ0n) is 15.0. The Kier molecular flexibility index (Phi) is 5.67. The first kappa shape index (κ1) is 20.1. The Bertz CT molecular complexity index is 991. The third-order valence-corrected chi connectivity index (χ3v) is 4.48. The number of para-hydroxylation sites is 1. The molecule has 2 aromatic rings. The van der Waals surface area contributed by atoms with Crippen LogP contribution in [0, 0.1) is 0 Å². The Morgan fingerprint density at radius 1 is 1.10 bits per heavy atom. The number of nitrogens with one attached hydrogen (secondary N) is 1. The van der Waals surface area contributed by atoms with Crippen molar-refractivity contribution < 1.29 is 34.6 Å². The smallest absolute Gasteiger partial charge is 0.476 e. The van der Waals surface area contributed by atoms with Gasteiger partial charge in [-0.05, 0) is 29.7 Å². The van der Waals surface area contributed by atoms with Crippen molar-refractivity contribution in [2.75, 3.05) is 0 Å². The first-order valence-electron chi connectivity index (χ1n) is 8.61. The average molecular weight is 396 g/mol. The van der Waals surface area contributed by atoms with Gasteiger partial charge in [0.2, 0.25) is 0 Å². The molecule has 29 heavy (non-hydrogen) atoms. The van der Waals surface area contributed by atoms with Crippen LogP contribution in [0.4, 0.5) is 4.79 Å². The number of urea groups is 1. The van der Waals surface area contributed by atoms with Crippen LogP contribution in [0.1, 0.15) is 21.5 Å². The molecule has 3 rings (SSSR count). The lowest BCUT2D eigenvalue weighted by molar-refractivity contribution is -0.123. The molecule has 1 aliphatic heterocycles. The number of aromatic hydroxyl groups is 1. The number of carboxylic acid groups (broad SMARTS) is 1. The van der Waals surface area contributed by atoms with Crippen molar-refractivity contribution >= 4 is 31.1 Å². The van der Waals surface area contributed by atoms with Crippen molar-refractivity contribution in [2.45, 2.75) is 12.4 Å². The summed E-state index contributed by atoms with van der Waals surface area (Å²) in [5.74, 6) is -4.16. The van der Waals surface area contributed by atoms with E-state index < -0.39 is 36.7 Å². The number of phenols is 1. The number of benzene rings is 2. The summed E-state index contributed by atoms with van der Waals surface area (Å²) in [6, 6.07) is 11.8. The van der Waals surface area contributed by atoms with Crippen LogP contribution >= 0.6 is 0 Å². The molecule has 2 aromatic carbocycles. The van der Waals surface area contributed by atoms with Crippen molar-refractivity contribution in [1.29, 1.82) is 0 Å². The SMILES string of the molecule is O=C(O)c1cccc(C[C@@H](B(O)O)N2C(=O)N/C(=C\c3ccccc3)C2=O)c1O. The van der Waals surface area contributed by atoms with Crippen molar-refractivity contribution in [2.24, 2.45) is 0 Å². The molecule has 1 saturated heterocycles. The van der Waals surface area contributed by atoms with Gasteiger partial charge in [0.1, 0.15) is 17.0 Å². The molecule has 0 aromatic heterocycles. The van der Waals surface area contributed by atoms with Crippen LogP contribution in [0.15, 0.2) is 54.2 Å². The Hall–Kier alpha value is -3.63. The number of hydrogen-bond donors (Lipinski definition) is 5. The van der Waals surface area contributed by atoms with E-state index in [4.69, 9.17) is 5.11 Å². The number of carboxylic acids is 1. The summed E-state index contributed by atoms with van der Waals surface area (Å²) in [6.07, 6.45) is 1.09. The minimum atomic E-state index is -2.12. The predicted molar refractivity (Wildman–Crippen MR) is 103 cm³/mol. The normalized spacial score (nSPS) is 16.1. The zero-order chi connectivity index (χ0) is 21.1. The lowest BCUT2D eigenvalue weighted by Gasteiger charge is -2.24. The van der Waals surface area contributed by atoms with E-state index in [2.05, 4.69) is 5.32 Å². The van der Waals surface area contributed by atoms with Crippen LogP contribution in [-0.4, -0.2) is 56.1 Å². The Balaban J connectivity index is 1.91. The van der Waals surface area contributed by atoms with Crippen LogP contribution in [0.5, 0.6) is 5.75 Å². The topological polar surface area (TPSA) is 147 Å². The summed E-state index contributed by atoms with van der Waals surface area (Å²) in [5.41, 5.74) is 0.279. The third-order valence-electron chi connectivity index (χ3n) is 4.48. The van der Waals surface area contributed by atoms with E-state index in [0.29, 0.717) is 10.5 Å². The predicted octanol–water partition coefficient (Wildman–Crippen LogP) is 0.606. The van der Waals surface area contributed by atoms with Crippen LogP contribution in [0.25, 0.3) is 6.08 Å². The number of carbonyl (C=O) groups excluding carboxylic acids is 2. The fourth-order valence-corrected chi connectivity index (χ4v) is 3.05. The van der Waals surface area contributed by atoms with Crippen molar-refractivity contribution in [1.82, 2.24) is 10.2 Å². The molecule has 1 heterocycles. The number of hydrogen-bond acceptors (Lipinski definition) is 6. The van der Waals surface area contributed by atoms with E-state index in [0.717, 1.165) is 0 Å². The van der Waals surface area contributed by atoms with Gasteiger partial charge in [-0.2, -0.15) is 0 Å². The fraction of sp³-hybridized carbons (Fsp3) is 0.105. The first-order valence-corrected chi connectivity index (χ1v) is 8.61. The lowest BCUT2D eigenvalue weighted by atomic mass is 9.74. The summed E-state index contributed by atoms with van der Waals surface area (Å²) < 4.78 is 0. The fourth-order valence-electron chi connectivity index (χ4n) is 3.05. The molecule has 0 unspecified atom stereocenters. The maximum absolute atomic E-state index is 12.7. The molecule has 1 atom stereocenters. The van der Waals surface area contributed by atoms with Crippen LogP contribution in [-0.2, 0) is 11.2 Å². The number of amides is 3. The highest BCUT2D eigenvalue weighted by molar-refractivity contribution is 6.44. The average Bonchev–Trinajstić information content (AvgIpc) is 2.94. The van der Waals surface area contributed by atoms with Gasteiger partial charge in [0.15, 0.2) is 0 Å². The third kappa shape index (κ3) is 4.13. The Morgan fingerprint density at radius 3 is 2.41 bits per heavy atom. The second-order valence-corrected chi connectivity index (χ2v) is 6.38. The van der Waals surface area contributed by atoms with Gasteiger partial charge >= 0.3 is 19.1 Å². The highest BCUT2D eigenvalue weighted by Gasteiger charge is 2.44. The van der Waals surface area contributed by atoms with Gasteiger partial charge in [0.25, 0.3) is 5.91 Å². The molecular formula is C19H17BN2O7. The number of carbonyl (C=O) groups is 3. The van der Waals surface area contributed by atoms with Crippen LogP contribution < -0.4 is 5.32 Å². The maximum atomic E-state index is 12.7. The standard InChI is InChI=1S/C19H17BN2O7/c23-16-12(7-4-8-13(16)18(25)26)10-15(20(28)29)22-17(24)14(21-19(22)27)9-11-5-2-1-3-6-11/h1-9,15,23,28-29H,10H2,(H,21,27)(H,25,26)/b14-9-/t15-/m0/s1. The summed E-state index contributed by atoms with van der Waals surface area (Å²) in [6.45, 7) is 0. The molecular weight excluding hydrogens is 379 g/mol. The largest absolute Gasteiger partial charge is 0.507 e. The molecule has 10 heteroatoms. The summed E-state index contributed by atoms with van der Waals surface area (Å²) in [7, 11) is -2.12. The molecule has 9 nitrogen and oxygen atoms in total. The van der Waals surface area contributed by atoms with E-state index >= 15 is 0 Å². The van der Waals surface area contributed by atoms with Gasteiger partial charge in [0.05, 0.1) is 5.94 Å². The lowest BCUT2D eigenvalue weighted by Crippen LogP contribution is -2.51. The first-order chi connectivity index (χ1) is 13.8. The Morgan fingerprint density at radius 2 is 1.79 bits per heavy atom. The number of nitrogens with zero attached hydrogens (tertiary/aromatic N) is 1. The molecule has 0 radical (unpaired) electrons. The molecule has 148 valence electrons. The van der Waals surface area contributed by atoms with Gasteiger partial charge in [-0.15, -0.1) is 0 Å². The van der Waals surface area contributed by atoms with E-state index in [-0.39, 0.29) is 23.2 Å². The van der Waals surface area contributed by atoms with Crippen molar-refractivity contribution in [3.05, 3.63) is 70.9 Å². The molecule has 0 bridgehead atoms. The van der Waals surface area contributed by atoms with Gasteiger partial charge in [-0.1, -0.05) is 42.5 Å². The molecule has 0 spiro atoms. The molecule has 0 saturated carbocycles. The quantitative estimate of drug-likeness (QED) is 0.273. The summed E-state index contributed by atoms with van der Waals surface area (Å²) in [5, 5.41) is 41.2. The number of aromatic carboxylic acids is 1. The molecule has 3 amide bonds. The summed E-state index contributed by atoms with van der Waals surface area (Å²) >= 11 is 0. The molecule has 5 N–H and O–H groups in total. The van der Waals surface area contributed by atoms with E-state index in [1.54, 1.807) is 30.3 Å². The van der Waals surface area contributed by atoms with E-state index in [1.165, 1.54) is 24.3 Å². The zero-order valence-corrected chi connectivity index (χ0v) is 15.0. The second-order valence-electron chi connectivity index (χ2n) is 6.38. The second kappa shape index (κ2) is 8.17. The highest BCUT2D eigenvalue weighted by Crippen LogP contribution is 2.27. The van der Waals surface area contributed by atoms with Gasteiger partial charge in [-0.3, -0.25) is 9.69 Å². The van der Waals surface area contributed by atoms with Crippen LogP contribution in [0.3, 0.4) is 0 Å². The minimum Gasteiger partial charge on any atom is -0.507 e. The van der Waals surface area contributed by atoms with Crippen molar-refractivity contribution in [3.63, 3.8) is 0 Å². The number of rotatable bonds is 6. The highest BCUT2D eigenvalue weighted by atomic mass is 16.4. The number of imide groups is 1. The van der Waals surface area contributed by atoms with E-state index in [1.807, 2.05) is 0 Å². The van der Waals surface area contributed by atoms with Gasteiger partial charge in [0, 0.05) is 0 Å². The summed E-state index contributed by atoms with van der Waals surface area (Å²) in [4.78, 5) is 36.9. The minimum absolute atomic E-state index is 0.0455. The molecule has 1 aliphatic rings. The molecule has 0 aliphatic carbocycles. The van der Waals surface area contributed by atoms with Gasteiger partial charge < -0.3 is 25.6 Å². The maximum Gasteiger partial charge on any atom is 0.476 e. The molecule has 1 fully saturated rings. The van der Waals surface area contributed by atoms with Crippen LogP contribution in [0.2, 0.25) is 0 Å². The monoisotopic (exact) mass is 396 g/mol.